The molecule has 132 valence electrons. The Morgan fingerprint density at radius 1 is 1.32 bits per heavy atom. The van der Waals surface area contributed by atoms with Crippen LogP contribution >= 0.6 is 11.6 Å². The van der Waals surface area contributed by atoms with Gasteiger partial charge in [0.25, 0.3) is 0 Å². The maximum absolute atomic E-state index is 14.6. The Morgan fingerprint density at radius 3 is 2.80 bits per heavy atom. The molecule has 2 N–H and O–H groups in total. The Bertz CT molecular complexity index is 788. The van der Waals surface area contributed by atoms with Crippen molar-refractivity contribution in [2.24, 2.45) is 5.16 Å². The number of oxime groups is 1. The number of aromatic amines is 1. The molecule has 1 aliphatic carbocycles. The van der Waals surface area contributed by atoms with Crippen LogP contribution in [0.4, 0.5) is 4.39 Å². The van der Waals surface area contributed by atoms with Crippen molar-refractivity contribution in [2.45, 2.75) is 49.7 Å². The van der Waals surface area contributed by atoms with Gasteiger partial charge in [0.1, 0.15) is 23.5 Å². The second kappa shape index (κ2) is 6.42. The van der Waals surface area contributed by atoms with Crippen molar-refractivity contribution < 1.29 is 14.3 Å². The number of nitrogens with one attached hydrogen (secondary N) is 1. The normalized spacial score (nSPS) is 23.3. The summed E-state index contributed by atoms with van der Waals surface area (Å²) in [7, 11) is 0. The minimum Gasteiger partial charge on any atom is -0.386 e. The quantitative estimate of drug-likeness (QED) is 0.871. The number of nitrogens with zero attached hydrogens (tertiary/aromatic N) is 2. The van der Waals surface area contributed by atoms with Gasteiger partial charge in [0.2, 0.25) is 0 Å². The van der Waals surface area contributed by atoms with Crippen LogP contribution in [-0.4, -0.2) is 32.5 Å². The van der Waals surface area contributed by atoms with E-state index < -0.39 is 23.4 Å². The number of aromatic nitrogens is 2. The van der Waals surface area contributed by atoms with Crippen LogP contribution in [-0.2, 0) is 4.84 Å². The number of H-pyrrole nitrogens is 1. The molecule has 1 saturated carbocycles. The summed E-state index contributed by atoms with van der Waals surface area (Å²) in [5.74, 6) is -0.604. The molecule has 2 unspecified atom stereocenters. The Hall–Kier alpha value is -1.92. The van der Waals surface area contributed by atoms with Gasteiger partial charge in [-0.1, -0.05) is 29.2 Å². The number of hydrogen-bond donors (Lipinski definition) is 2. The lowest BCUT2D eigenvalue weighted by atomic mass is 9.76. The largest absolute Gasteiger partial charge is 0.386 e. The Kier molecular flexibility index (Phi) is 4.25. The molecule has 1 aromatic carbocycles. The molecule has 1 fully saturated rings. The molecule has 0 amide bonds. The fourth-order valence-corrected chi connectivity index (χ4v) is 4.01. The van der Waals surface area contributed by atoms with Gasteiger partial charge < -0.3 is 14.9 Å². The smallest absolute Gasteiger partial charge is 0.168 e. The van der Waals surface area contributed by atoms with Crippen molar-refractivity contribution in [2.75, 3.05) is 0 Å². The highest BCUT2D eigenvalue weighted by Gasteiger charge is 2.51. The molecule has 1 aliphatic heterocycles. The molecule has 5 nitrogen and oxygen atoms in total. The first-order valence-electron chi connectivity index (χ1n) is 8.49. The molecule has 2 atom stereocenters. The number of imidazole rings is 1. The average molecular weight is 364 g/mol. The lowest BCUT2D eigenvalue weighted by Gasteiger charge is -2.34. The lowest BCUT2D eigenvalue weighted by molar-refractivity contribution is -0.0971. The van der Waals surface area contributed by atoms with Gasteiger partial charge in [-0.15, -0.1) is 0 Å². The van der Waals surface area contributed by atoms with Crippen LogP contribution in [0.3, 0.4) is 0 Å². The predicted octanol–water partition coefficient (Wildman–Crippen LogP) is 3.78. The van der Waals surface area contributed by atoms with Gasteiger partial charge in [0, 0.05) is 23.0 Å². The third-order valence-electron chi connectivity index (χ3n) is 5.17. The summed E-state index contributed by atoms with van der Waals surface area (Å²) in [5.41, 5.74) is 0.0492. The maximum atomic E-state index is 14.6. The first-order valence-corrected chi connectivity index (χ1v) is 8.87. The van der Waals surface area contributed by atoms with E-state index in [9.17, 15) is 9.50 Å². The lowest BCUT2D eigenvalue weighted by Crippen LogP contribution is -2.46. The summed E-state index contributed by atoms with van der Waals surface area (Å²) in [4.78, 5) is 13.0. The zero-order chi connectivity index (χ0) is 17.4. The number of hydrogen-bond acceptors (Lipinski definition) is 4. The molecule has 25 heavy (non-hydrogen) atoms. The number of aliphatic hydroxyl groups excluding tert-OH is 1. The minimum atomic E-state index is -0.891. The van der Waals surface area contributed by atoms with Crippen molar-refractivity contribution in [3.8, 4) is 0 Å². The van der Waals surface area contributed by atoms with Crippen molar-refractivity contribution >= 4 is 17.3 Å². The predicted molar refractivity (Wildman–Crippen MR) is 92.2 cm³/mol. The zero-order valence-electron chi connectivity index (χ0n) is 13.6. The van der Waals surface area contributed by atoms with E-state index >= 15 is 0 Å². The number of benzene rings is 1. The van der Waals surface area contributed by atoms with Gasteiger partial charge in [-0.05, 0) is 37.8 Å². The molecule has 2 aromatic rings. The van der Waals surface area contributed by atoms with Crippen LogP contribution in [0.15, 0.2) is 35.7 Å². The van der Waals surface area contributed by atoms with Gasteiger partial charge in [-0.3, -0.25) is 0 Å². The standard InChI is InChI=1S/C18H19ClFN3O2/c19-11-4-5-12(13(20)10-11)14(17-21-8-9-22-17)15-16(24)18(25-23-15)6-2-1-3-7-18/h4-5,8-10,14,16,24H,1-3,6-7H2,(H,21,22). The molecule has 0 saturated heterocycles. The van der Waals surface area contributed by atoms with E-state index in [2.05, 4.69) is 15.1 Å². The second-order valence-corrected chi connectivity index (χ2v) is 7.15. The van der Waals surface area contributed by atoms with Crippen LogP contribution in [0.25, 0.3) is 0 Å². The van der Waals surface area contributed by atoms with Crippen LogP contribution in [0.2, 0.25) is 5.02 Å². The molecule has 2 heterocycles. The van der Waals surface area contributed by atoms with Gasteiger partial charge in [-0.2, -0.15) is 0 Å². The summed E-state index contributed by atoms with van der Waals surface area (Å²) < 4.78 is 14.6. The van der Waals surface area contributed by atoms with E-state index in [1.807, 2.05) is 0 Å². The van der Waals surface area contributed by atoms with Crippen molar-refractivity contribution in [1.82, 2.24) is 9.97 Å². The molecule has 2 aliphatic rings. The van der Waals surface area contributed by atoms with E-state index in [0.29, 0.717) is 22.1 Å². The highest BCUT2D eigenvalue weighted by atomic mass is 35.5. The number of rotatable bonds is 3. The summed E-state index contributed by atoms with van der Waals surface area (Å²) in [6.45, 7) is 0. The van der Waals surface area contributed by atoms with E-state index in [1.165, 1.54) is 6.07 Å². The Balaban J connectivity index is 1.75. The zero-order valence-corrected chi connectivity index (χ0v) is 14.3. The number of aliphatic hydroxyl groups is 1. The Morgan fingerprint density at radius 2 is 2.12 bits per heavy atom. The van der Waals surface area contributed by atoms with E-state index in [0.717, 1.165) is 32.1 Å². The van der Waals surface area contributed by atoms with Crippen molar-refractivity contribution in [3.63, 3.8) is 0 Å². The van der Waals surface area contributed by atoms with Crippen molar-refractivity contribution in [1.29, 1.82) is 0 Å². The Labute approximate surface area is 149 Å². The third kappa shape index (κ3) is 2.83. The molecule has 0 bridgehead atoms. The molecule has 1 spiro atoms. The van der Waals surface area contributed by atoms with Gasteiger partial charge >= 0.3 is 0 Å². The summed E-state index contributed by atoms with van der Waals surface area (Å²) in [6, 6.07) is 4.48. The molecular formula is C18H19ClFN3O2. The van der Waals surface area contributed by atoms with Gasteiger partial charge in [-0.25, -0.2) is 9.37 Å². The molecule has 7 heteroatoms. The SMILES string of the molecule is OC1C(C(c2ncc[nH]2)c2ccc(Cl)cc2F)=NOC12CCCCC2. The van der Waals surface area contributed by atoms with Gasteiger partial charge in [0.05, 0.1) is 5.92 Å². The second-order valence-electron chi connectivity index (χ2n) is 6.71. The summed E-state index contributed by atoms with van der Waals surface area (Å²) in [5, 5.41) is 15.5. The fourth-order valence-electron chi connectivity index (χ4n) is 3.86. The molecular weight excluding hydrogens is 345 g/mol. The first-order chi connectivity index (χ1) is 12.1. The average Bonchev–Trinajstić information content (AvgIpc) is 3.23. The van der Waals surface area contributed by atoms with E-state index in [-0.39, 0.29) is 0 Å². The molecule has 0 radical (unpaired) electrons. The summed E-state index contributed by atoms with van der Waals surface area (Å²) >= 11 is 5.88. The number of halogens is 2. The van der Waals surface area contributed by atoms with Crippen molar-refractivity contribution in [3.05, 3.63) is 52.8 Å². The summed E-state index contributed by atoms with van der Waals surface area (Å²) in [6.07, 6.45) is 6.95. The van der Waals surface area contributed by atoms with Crippen LogP contribution in [0.1, 0.15) is 49.4 Å². The van der Waals surface area contributed by atoms with Crippen LogP contribution in [0, 0.1) is 5.82 Å². The van der Waals surface area contributed by atoms with E-state index in [4.69, 9.17) is 16.4 Å². The van der Waals surface area contributed by atoms with Crippen LogP contribution < -0.4 is 0 Å². The minimum absolute atomic E-state index is 0.313. The maximum Gasteiger partial charge on any atom is 0.168 e. The molecule has 1 aromatic heterocycles. The topological polar surface area (TPSA) is 70.5 Å². The monoisotopic (exact) mass is 363 g/mol. The molecule has 4 rings (SSSR count). The van der Waals surface area contributed by atoms with Crippen LogP contribution in [0.5, 0.6) is 0 Å². The first kappa shape index (κ1) is 16.5. The third-order valence-corrected chi connectivity index (χ3v) is 5.41. The van der Waals surface area contributed by atoms with Gasteiger partial charge in [0.15, 0.2) is 5.60 Å². The highest BCUT2D eigenvalue weighted by molar-refractivity contribution is 6.30. The van der Waals surface area contributed by atoms with E-state index in [1.54, 1.807) is 24.5 Å². The fraction of sp³-hybridized carbons (Fsp3) is 0.444. The highest BCUT2D eigenvalue weighted by Crippen LogP contribution is 2.42.